The molecule has 0 aromatic heterocycles. The highest BCUT2D eigenvalue weighted by Crippen LogP contribution is 2.66. The normalized spacial score (nSPS) is 26.6. The third kappa shape index (κ3) is 2.55. The first-order chi connectivity index (χ1) is 16.0. The first kappa shape index (κ1) is 20.4. The Morgan fingerprint density at radius 3 is 2.21 bits per heavy atom. The highest BCUT2D eigenvalue weighted by Gasteiger charge is 2.67. The molecule has 1 fully saturated rings. The maximum atomic E-state index is 13.9. The molecule has 7 rings (SSSR count). The number of esters is 1. The van der Waals surface area contributed by atoms with Crippen molar-refractivity contribution in [2.24, 2.45) is 11.8 Å². The van der Waals surface area contributed by atoms with E-state index in [9.17, 15) is 14.4 Å². The second-order valence-electron chi connectivity index (χ2n) is 8.65. The molecule has 164 valence electrons. The van der Waals surface area contributed by atoms with Gasteiger partial charge in [0.05, 0.1) is 34.0 Å². The zero-order chi connectivity index (χ0) is 22.9. The zero-order valence-electron chi connectivity index (χ0n) is 17.8. The molecule has 0 unspecified atom stereocenters. The van der Waals surface area contributed by atoms with Crippen LogP contribution in [-0.4, -0.2) is 24.4 Å². The summed E-state index contributed by atoms with van der Waals surface area (Å²) >= 11 is 3.99. The molecule has 2 amide bonds. The Labute approximate surface area is 199 Å². The Hall–Kier alpha value is -3.25. The summed E-state index contributed by atoms with van der Waals surface area (Å²) in [4.78, 5) is 41.3. The molecular weight excluding hydrogens is 482 g/mol. The molecule has 1 heterocycles. The van der Waals surface area contributed by atoms with Gasteiger partial charge in [-0.05, 0) is 47.4 Å². The molecule has 4 aliphatic rings. The van der Waals surface area contributed by atoms with Crippen LogP contribution in [0.2, 0.25) is 0 Å². The lowest BCUT2D eigenvalue weighted by Gasteiger charge is -2.51. The van der Waals surface area contributed by atoms with Crippen molar-refractivity contribution in [2.75, 3.05) is 11.5 Å². The highest BCUT2D eigenvalue weighted by molar-refractivity contribution is 9.09. The minimum absolute atomic E-state index is 0.198. The summed E-state index contributed by atoms with van der Waals surface area (Å²) < 4.78 is 4.31. The van der Waals surface area contributed by atoms with E-state index in [0.29, 0.717) is 11.3 Å². The number of carbonyl (C=O) groups excluding carboxylic acids is 3. The topological polar surface area (TPSA) is 63.7 Å². The molecule has 3 aromatic rings. The molecule has 1 aliphatic heterocycles. The van der Waals surface area contributed by atoms with Crippen LogP contribution in [-0.2, 0) is 18.7 Å². The zero-order valence-corrected chi connectivity index (χ0v) is 19.4. The molecule has 2 atom stereocenters. The predicted molar refractivity (Wildman–Crippen MR) is 126 cm³/mol. The number of imide groups is 1. The molecule has 3 aromatic carbocycles. The molecule has 0 saturated carbocycles. The van der Waals surface area contributed by atoms with E-state index in [4.69, 9.17) is 4.74 Å². The number of anilines is 1. The number of carbonyl (C=O) groups is 3. The fourth-order valence-corrected chi connectivity index (χ4v) is 7.12. The number of alkyl halides is 1. The summed E-state index contributed by atoms with van der Waals surface area (Å²) in [5.74, 6) is -2.26. The Balaban J connectivity index is 1.52. The summed E-state index contributed by atoms with van der Waals surface area (Å²) in [7, 11) is 0. The van der Waals surface area contributed by atoms with Crippen LogP contribution in [0.3, 0.4) is 0 Å². The van der Waals surface area contributed by atoms with Crippen LogP contribution in [0.25, 0.3) is 0 Å². The number of rotatable bonds is 3. The van der Waals surface area contributed by atoms with Gasteiger partial charge in [-0.15, -0.1) is 0 Å². The van der Waals surface area contributed by atoms with Gasteiger partial charge in [-0.1, -0.05) is 70.5 Å². The van der Waals surface area contributed by atoms with Gasteiger partial charge < -0.3 is 4.74 Å². The second-order valence-corrected chi connectivity index (χ2v) is 9.90. The number of ether oxygens (including phenoxy) is 1. The minimum atomic E-state index is -0.792. The van der Waals surface area contributed by atoms with Crippen molar-refractivity contribution in [1.29, 1.82) is 0 Å². The average Bonchev–Trinajstić information content (AvgIpc) is 3.11. The lowest BCUT2D eigenvalue weighted by molar-refractivity contribution is -0.122. The van der Waals surface area contributed by atoms with Crippen LogP contribution in [0.15, 0.2) is 72.8 Å². The van der Waals surface area contributed by atoms with Crippen molar-refractivity contribution < 1.29 is 19.1 Å². The Kier molecular flexibility index (Phi) is 4.40. The quantitative estimate of drug-likeness (QED) is 0.294. The Bertz CT molecular complexity index is 1300. The number of hydrogen-bond acceptors (Lipinski definition) is 4. The van der Waals surface area contributed by atoms with Crippen LogP contribution >= 0.6 is 15.9 Å². The standard InChI is InChI=1S/C27H20BrNO4/c1-2-33-26(32)15-8-7-9-16(14-15)29-24(30)22-21-17-10-3-5-12-19(17)27(28,23(22)25(29)31)20-13-6-4-11-18(20)21/h3-14,21-23H,2H2,1H3/t21?,22-,23-,27?/m0/s1. The molecule has 2 bridgehead atoms. The summed E-state index contributed by atoms with van der Waals surface area (Å²) in [6.07, 6.45) is 0. The lowest BCUT2D eigenvalue weighted by atomic mass is 9.55. The molecular formula is C27H20BrNO4. The van der Waals surface area contributed by atoms with Crippen molar-refractivity contribution in [1.82, 2.24) is 0 Å². The third-order valence-corrected chi connectivity index (χ3v) is 8.48. The number of nitrogens with zero attached hydrogens (tertiary/aromatic N) is 1. The van der Waals surface area contributed by atoms with Crippen molar-refractivity contribution >= 4 is 39.4 Å². The largest absolute Gasteiger partial charge is 0.462 e. The van der Waals surface area contributed by atoms with Crippen LogP contribution in [0.5, 0.6) is 0 Å². The highest BCUT2D eigenvalue weighted by atomic mass is 79.9. The number of amides is 2. The average molecular weight is 502 g/mol. The van der Waals surface area contributed by atoms with Gasteiger partial charge in [-0.3, -0.25) is 9.59 Å². The maximum Gasteiger partial charge on any atom is 0.338 e. The smallest absolute Gasteiger partial charge is 0.338 e. The van der Waals surface area contributed by atoms with Crippen molar-refractivity contribution in [3.05, 3.63) is 101 Å². The van der Waals surface area contributed by atoms with Crippen LogP contribution < -0.4 is 4.90 Å². The van der Waals surface area contributed by atoms with Gasteiger partial charge in [0.15, 0.2) is 0 Å². The molecule has 0 spiro atoms. The number of benzene rings is 3. The van der Waals surface area contributed by atoms with Crippen molar-refractivity contribution in [3.63, 3.8) is 0 Å². The minimum Gasteiger partial charge on any atom is -0.462 e. The van der Waals surface area contributed by atoms with Gasteiger partial charge in [0.2, 0.25) is 11.8 Å². The van der Waals surface area contributed by atoms with Crippen LogP contribution in [0, 0.1) is 11.8 Å². The second kappa shape index (κ2) is 7.12. The summed E-state index contributed by atoms with van der Waals surface area (Å²) in [6, 6.07) is 22.7. The molecule has 1 saturated heterocycles. The van der Waals surface area contributed by atoms with Gasteiger partial charge in [0.1, 0.15) is 0 Å². The molecule has 5 nitrogen and oxygen atoms in total. The van der Waals surface area contributed by atoms with E-state index in [0.717, 1.165) is 22.3 Å². The Morgan fingerprint density at radius 2 is 1.58 bits per heavy atom. The fourth-order valence-electron chi connectivity index (χ4n) is 5.92. The third-order valence-electron chi connectivity index (χ3n) is 7.13. The summed E-state index contributed by atoms with van der Waals surface area (Å²) in [6.45, 7) is 1.99. The van der Waals surface area contributed by atoms with E-state index in [1.54, 1.807) is 31.2 Å². The fraction of sp³-hybridized carbons (Fsp3) is 0.222. The van der Waals surface area contributed by atoms with E-state index in [1.807, 2.05) is 36.4 Å². The maximum absolute atomic E-state index is 13.9. The molecule has 33 heavy (non-hydrogen) atoms. The van der Waals surface area contributed by atoms with Gasteiger partial charge in [0, 0.05) is 5.92 Å². The van der Waals surface area contributed by atoms with Gasteiger partial charge in [-0.25, -0.2) is 9.69 Å². The van der Waals surface area contributed by atoms with Crippen molar-refractivity contribution in [3.8, 4) is 0 Å². The molecule has 6 heteroatoms. The van der Waals surface area contributed by atoms with Crippen LogP contribution in [0.4, 0.5) is 5.69 Å². The SMILES string of the molecule is CCOC(=O)c1cccc(N2C(=O)[C@@H]3[C@@H](C2=O)C2c4ccccc4C3(Br)c3ccccc32)c1. The monoisotopic (exact) mass is 501 g/mol. The van der Waals surface area contributed by atoms with Gasteiger partial charge in [0.25, 0.3) is 0 Å². The Morgan fingerprint density at radius 1 is 0.939 bits per heavy atom. The number of halogens is 1. The lowest BCUT2D eigenvalue weighted by Crippen LogP contribution is -2.50. The molecule has 0 radical (unpaired) electrons. The van der Waals surface area contributed by atoms with E-state index in [1.165, 1.54) is 4.90 Å². The molecule has 3 aliphatic carbocycles. The first-order valence-electron chi connectivity index (χ1n) is 11.0. The van der Waals surface area contributed by atoms with E-state index in [2.05, 4.69) is 28.1 Å². The van der Waals surface area contributed by atoms with Crippen molar-refractivity contribution in [2.45, 2.75) is 17.2 Å². The van der Waals surface area contributed by atoms with E-state index < -0.39 is 22.1 Å². The predicted octanol–water partition coefficient (Wildman–Crippen LogP) is 4.77. The summed E-state index contributed by atoms with van der Waals surface area (Å²) in [5.41, 5.74) is 4.95. The van der Waals surface area contributed by atoms with E-state index >= 15 is 0 Å². The van der Waals surface area contributed by atoms with E-state index in [-0.39, 0.29) is 24.3 Å². The molecule has 0 N–H and O–H groups in total. The number of hydrogen-bond donors (Lipinski definition) is 0. The summed E-state index contributed by atoms with van der Waals surface area (Å²) in [5, 5.41) is 0. The van der Waals surface area contributed by atoms with Gasteiger partial charge in [-0.2, -0.15) is 0 Å². The van der Waals surface area contributed by atoms with Crippen LogP contribution in [0.1, 0.15) is 45.5 Å². The first-order valence-corrected chi connectivity index (χ1v) is 11.8. The van der Waals surface area contributed by atoms with Gasteiger partial charge >= 0.3 is 5.97 Å².